The van der Waals surface area contributed by atoms with Crippen molar-refractivity contribution in [1.29, 1.82) is 0 Å². The van der Waals surface area contributed by atoms with E-state index in [1.807, 2.05) is 66.5 Å². The van der Waals surface area contributed by atoms with Crippen LogP contribution in [0.2, 0.25) is 0 Å². The van der Waals surface area contributed by atoms with E-state index in [0.29, 0.717) is 6.54 Å². The number of para-hydroxylation sites is 3. The second-order valence-electron chi connectivity index (χ2n) is 4.98. The van der Waals surface area contributed by atoms with Crippen LogP contribution in [0.1, 0.15) is 0 Å². The largest absolute Gasteiger partial charge is 0.371 e. The summed E-state index contributed by atoms with van der Waals surface area (Å²) >= 11 is 0. The van der Waals surface area contributed by atoms with Gasteiger partial charge in [-0.25, -0.2) is 0 Å². The molecule has 1 heterocycles. The van der Waals surface area contributed by atoms with Crippen LogP contribution in [-0.2, 0) is 4.79 Å². The topological polar surface area (TPSA) is 49.6 Å². The quantitative estimate of drug-likeness (QED) is 0.861. The monoisotopic (exact) mass is 267 g/mol. The first-order chi connectivity index (χ1) is 9.68. The summed E-state index contributed by atoms with van der Waals surface area (Å²) in [4.78, 5) is 16.4. The van der Waals surface area contributed by atoms with Crippen molar-refractivity contribution >= 4 is 23.0 Å². The smallest absolute Gasteiger partial charge is 0.250 e. The molecule has 0 aliphatic carbocycles. The number of fused-ring (bicyclic) bond motifs is 1. The van der Waals surface area contributed by atoms with Crippen LogP contribution >= 0.6 is 0 Å². The molecule has 4 nitrogen and oxygen atoms in total. The maximum absolute atomic E-state index is 12.6. The van der Waals surface area contributed by atoms with Gasteiger partial charge in [0.25, 0.3) is 0 Å². The fourth-order valence-corrected chi connectivity index (χ4v) is 2.58. The third-order valence-corrected chi connectivity index (χ3v) is 3.56. The van der Waals surface area contributed by atoms with Gasteiger partial charge in [0.1, 0.15) is 6.04 Å². The second kappa shape index (κ2) is 4.98. The van der Waals surface area contributed by atoms with E-state index in [-0.39, 0.29) is 5.91 Å². The van der Waals surface area contributed by atoms with Crippen molar-refractivity contribution in [2.75, 3.05) is 23.4 Å². The van der Waals surface area contributed by atoms with E-state index < -0.39 is 6.04 Å². The van der Waals surface area contributed by atoms with E-state index in [9.17, 15) is 4.79 Å². The number of likely N-dealkylation sites (N-methyl/N-ethyl adjacent to an activating group) is 1. The lowest BCUT2D eigenvalue weighted by Crippen LogP contribution is -2.45. The molecule has 0 radical (unpaired) electrons. The summed E-state index contributed by atoms with van der Waals surface area (Å²) in [7, 11) is 1.96. The molecule has 20 heavy (non-hydrogen) atoms. The van der Waals surface area contributed by atoms with Crippen LogP contribution in [0.25, 0.3) is 0 Å². The van der Waals surface area contributed by atoms with Gasteiger partial charge in [0.05, 0.1) is 11.4 Å². The molecule has 0 saturated carbocycles. The molecule has 1 unspecified atom stereocenters. The minimum Gasteiger partial charge on any atom is -0.371 e. The van der Waals surface area contributed by atoms with Crippen LogP contribution in [-0.4, -0.2) is 25.5 Å². The second-order valence-corrected chi connectivity index (χ2v) is 4.98. The Bertz CT molecular complexity index is 627. The number of carbonyl (C=O) groups excluding carboxylic acids is 1. The van der Waals surface area contributed by atoms with Gasteiger partial charge >= 0.3 is 0 Å². The highest BCUT2D eigenvalue weighted by Crippen LogP contribution is 2.36. The fraction of sp³-hybridized carbons (Fsp3) is 0.188. The number of nitrogens with zero attached hydrogens (tertiary/aromatic N) is 2. The molecule has 1 atom stereocenters. The third-order valence-electron chi connectivity index (χ3n) is 3.56. The van der Waals surface area contributed by atoms with Gasteiger partial charge in [-0.3, -0.25) is 9.69 Å². The lowest BCUT2D eigenvalue weighted by atomic mass is 10.2. The van der Waals surface area contributed by atoms with Gasteiger partial charge in [0, 0.05) is 19.3 Å². The normalized spacial score (nSPS) is 18.7. The number of amides is 1. The fourth-order valence-electron chi connectivity index (χ4n) is 2.58. The van der Waals surface area contributed by atoms with Crippen LogP contribution < -0.4 is 15.5 Å². The molecule has 0 saturated heterocycles. The highest BCUT2D eigenvalue weighted by molar-refractivity contribution is 6.07. The molecule has 3 rings (SSSR count). The van der Waals surface area contributed by atoms with Crippen molar-refractivity contribution in [3.8, 4) is 0 Å². The number of rotatable bonds is 1. The minimum absolute atomic E-state index is 0.0759. The molecule has 0 fully saturated rings. The number of anilines is 3. The van der Waals surface area contributed by atoms with Gasteiger partial charge in [-0.05, 0) is 24.3 Å². The van der Waals surface area contributed by atoms with Gasteiger partial charge in [-0.1, -0.05) is 30.3 Å². The Morgan fingerprint density at radius 2 is 1.60 bits per heavy atom. The standard InChI is InChI=1S/C16H17N3O/c1-18-11-13(17)16(20)19(12-7-3-2-4-8-12)15-10-6-5-9-14(15)18/h2-10,13H,11,17H2,1H3. The van der Waals surface area contributed by atoms with Crippen molar-refractivity contribution in [3.05, 3.63) is 54.6 Å². The number of nitrogens with two attached hydrogens (primary N) is 1. The van der Waals surface area contributed by atoms with Crippen LogP contribution in [0.15, 0.2) is 54.6 Å². The number of hydrogen-bond acceptors (Lipinski definition) is 3. The molecular weight excluding hydrogens is 250 g/mol. The highest BCUT2D eigenvalue weighted by Gasteiger charge is 2.30. The SMILES string of the molecule is CN1CC(N)C(=O)N(c2ccccc2)c2ccccc21. The van der Waals surface area contributed by atoms with Gasteiger partial charge in [0.15, 0.2) is 0 Å². The Morgan fingerprint density at radius 3 is 2.30 bits per heavy atom. The highest BCUT2D eigenvalue weighted by atomic mass is 16.2. The summed E-state index contributed by atoms with van der Waals surface area (Å²) < 4.78 is 0. The van der Waals surface area contributed by atoms with Crippen molar-refractivity contribution in [3.63, 3.8) is 0 Å². The van der Waals surface area contributed by atoms with Gasteiger partial charge in [-0.15, -0.1) is 0 Å². The Hall–Kier alpha value is -2.33. The van der Waals surface area contributed by atoms with Gasteiger partial charge in [-0.2, -0.15) is 0 Å². The maximum atomic E-state index is 12.6. The molecule has 102 valence electrons. The third kappa shape index (κ3) is 2.04. The van der Waals surface area contributed by atoms with Crippen LogP contribution in [0.4, 0.5) is 17.1 Å². The zero-order valence-electron chi connectivity index (χ0n) is 11.4. The Labute approximate surface area is 118 Å². The average molecular weight is 267 g/mol. The molecule has 4 heteroatoms. The van der Waals surface area contributed by atoms with Crippen molar-refractivity contribution in [2.45, 2.75) is 6.04 Å². The molecule has 0 bridgehead atoms. The Balaban J connectivity index is 2.19. The van der Waals surface area contributed by atoms with E-state index in [1.165, 1.54) is 0 Å². The number of hydrogen-bond donors (Lipinski definition) is 1. The molecular formula is C16H17N3O. The summed E-state index contributed by atoms with van der Waals surface area (Å²) in [5, 5.41) is 0. The van der Waals surface area contributed by atoms with Crippen molar-refractivity contribution in [1.82, 2.24) is 0 Å². The first-order valence-corrected chi connectivity index (χ1v) is 6.63. The van der Waals surface area contributed by atoms with Crippen molar-refractivity contribution in [2.24, 2.45) is 5.73 Å². The Kier molecular flexibility index (Phi) is 3.16. The number of benzene rings is 2. The van der Waals surface area contributed by atoms with Crippen LogP contribution in [0.5, 0.6) is 0 Å². The lowest BCUT2D eigenvalue weighted by Gasteiger charge is -2.24. The van der Waals surface area contributed by atoms with Crippen molar-refractivity contribution < 1.29 is 4.79 Å². The van der Waals surface area contributed by atoms with Gasteiger partial charge < -0.3 is 10.6 Å². The zero-order chi connectivity index (χ0) is 14.1. The van der Waals surface area contributed by atoms with E-state index in [2.05, 4.69) is 0 Å². The number of carbonyl (C=O) groups is 1. The lowest BCUT2D eigenvalue weighted by molar-refractivity contribution is -0.118. The summed E-state index contributed by atoms with van der Waals surface area (Å²) in [5.41, 5.74) is 8.77. The first-order valence-electron chi connectivity index (χ1n) is 6.63. The molecule has 1 aliphatic rings. The average Bonchev–Trinajstić information content (AvgIpc) is 2.57. The summed E-state index contributed by atoms with van der Waals surface area (Å²) in [6, 6.07) is 17.0. The predicted molar refractivity (Wildman–Crippen MR) is 81.3 cm³/mol. The first kappa shape index (κ1) is 12.7. The van der Waals surface area contributed by atoms with E-state index in [0.717, 1.165) is 17.1 Å². The maximum Gasteiger partial charge on any atom is 0.250 e. The molecule has 2 N–H and O–H groups in total. The van der Waals surface area contributed by atoms with Gasteiger partial charge in [0.2, 0.25) is 5.91 Å². The summed E-state index contributed by atoms with van der Waals surface area (Å²) in [5.74, 6) is -0.0759. The van der Waals surface area contributed by atoms with E-state index in [4.69, 9.17) is 5.73 Å². The van der Waals surface area contributed by atoms with E-state index >= 15 is 0 Å². The van der Waals surface area contributed by atoms with Crippen LogP contribution in [0, 0.1) is 0 Å². The van der Waals surface area contributed by atoms with E-state index in [1.54, 1.807) is 4.90 Å². The zero-order valence-corrected chi connectivity index (χ0v) is 11.4. The predicted octanol–water partition coefficient (Wildman–Crippen LogP) is 2.13. The summed E-state index contributed by atoms with van der Waals surface area (Å²) in [6.45, 7) is 0.513. The molecule has 2 aromatic rings. The molecule has 1 amide bonds. The van der Waals surface area contributed by atoms with Crippen LogP contribution in [0.3, 0.4) is 0 Å². The molecule has 0 aromatic heterocycles. The summed E-state index contributed by atoms with van der Waals surface area (Å²) in [6.07, 6.45) is 0. The Morgan fingerprint density at radius 1 is 1.00 bits per heavy atom. The molecule has 0 spiro atoms. The molecule has 1 aliphatic heterocycles. The minimum atomic E-state index is -0.535. The molecule has 2 aromatic carbocycles.